The molecule has 1 heterocycles. The summed E-state index contributed by atoms with van der Waals surface area (Å²) >= 11 is 0. The van der Waals surface area contributed by atoms with E-state index in [0.29, 0.717) is 0 Å². The lowest BCUT2D eigenvalue weighted by atomic mass is 9.84. The first-order valence-corrected chi connectivity index (χ1v) is 19.0. The molecular weight excluding hydrogens is 663 g/mol. The zero-order valence-corrected chi connectivity index (χ0v) is 30.2. The number of nitrogens with zero attached hydrogens (tertiary/aromatic N) is 1. The Morgan fingerprint density at radius 2 is 0.709 bits per heavy atom. The van der Waals surface area contributed by atoms with Crippen molar-refractivity contribution in [1.82, 2.24) is 4.57 Å². The van der Waals surface area contributed by atoms with Crippen LogP contribution in [-0.2, 0) is 0 Å². The third-order valence-corrected chi connectivity index (χ3v) is 11.4. The lowest BCUT2D eigenvalue weighted by Gasteiger charge is -2.20. The number of benzene rings is 10. The average Bonchev–Trinajstić information content (AvgIpc) is 3.59. The monoisotopic (exact) mass is 697 g/mol. The lowest BCUT2D eigenvalue weighted by Crippen LogP contribution is -1.97. The van der Waals surface area contributed by atoms with E-state index in [1.165, 1.54) is 104 Å². The van der Waals surface area contributed by atoms with Gasteiger partial charge in [0.15, 0.2) is 0 Å². The highest BCUT2D eigenvalue weighted by Crippen LogP contribution is 2.46. The third-order valence-electron chi connectivity index (χ3n) is 11.4. The van der Waals surface area contributed by atoms with E-state index in [4.69, 9.17) is 0 Å². The molecular formula is C54H35N. The molecule has 1 nitrogen and oxygen atoms in total. The molecule has 0 saturated heterocycles. The van der Waals surface area contributed by atoms with Crippen molar-refractivity contribution in [2.24, 2.45) is 0 Å². The maximum Gasteiger partial charge on any atom is 0.0541 e. The molecule has 0 atom stereocenters. The quantitative estimate of drug-likeness (QED) is 0.158. The Hall–Kier alpha value is -7.22. The minimum absolute atomic E-state index is 1.18. The highest BCUT2D eigenvalue weighted by Gasteiger charge is 2.20. The van der Waals surface area contributed by atoms with Crippen molar-refractivity contribution in [2.45, 2.75) is 0 Å². The molecule has 0 aliphatic carbocycles. The molecule has 10 aromatic carbocycles. The number of hydrogen-bond acceptors (Lipinski definition) is 0. The maximum atomic E-state index is 2.47. The summed E-state index contributed by atoms with van der Waals surface area (Å²) in [5.74, 6) is 0. The number of fused-ring (bicyclic) bond motifs is 6. The van der Waals surface area contributed by atoms with Gasteiger partial charge in [0.25, 0.3) is 0 Å². The van der Waals surface area contributed by atoms with E-state index in [-0.39, 0.29) is 0 Å². The first kappa shape index (κ1) is 31.3. The largest absolute Gasteiger partial charge is 0.309 e. The standard InChI is InChI=1S/C54H35N/c1-3-16-36(17-4-1)38-20-15-21-39(34-38)40-30-32-52-49(35-40)43-24-13-14-29-50(43)55(52)51-33-31-48(41-22-7-8-23-42(41)51)54-46-27-11-9-25-44(46)53(37-18-5-2-6-19-37)45-26-10-12-28-47(45)54/h1-35H. The summed E-state index contributed by atoms with van der Waals surface area (Å²) in [6, 6.07) is 77.7. The van der Waals surface area contributed by atoms with E-state index in [9.17, 15) is 0 Å². The molecule has 11 rings (SSSR count). The summed E-state index contributed by atoms with van der Waals surface area (Å²) < 4.78 is 2.47. The zero-order valence-electron chi connectivity index (χ0n) is 30.2. The van der Waals surface area contributed by atoms with Crippen molar-refractivity contribution in [3.63, 3.8) is 0 Å². The van der Waals surface area contributed by atoms with Gasteiger partial charge >= 0.3 is 0 Å². The van der Waals surface area contributed by atoms with Crippen molar-refractivity contribution in [2.75, 3.05) is 0 Å². The molecule has 55 heavy (non-hydrogen) atoms. The van der Waals surface area contributed by atoms with Crippen molar-refractivity contribution in [1.29, 1.82) is 0 Å². The van der Waals surface area contributed by atoms with Crippen LogP contribution in [0.1, 0.15) is 0 Å². The van der Waals surface area contributed by atoms with Crippen LogP contribution in [0.3, 0.4) is 0 Å². The van der Waals surface area contributed by atoms with E-state index in [1.54, 1.807) is 0 Å². The predicted molar refractivity (Wildman–Crippen MR) is 235 cm³/mol. The Kier molecular flexibility index (Phi) is 7.25. The van der Waals surface area contributed by atoms with Crippen LogP contribution in [0, 0.1) is 0 Å². The van der Waals surface area contributed by atoms with Gasteiger partial charge in [-0.1, -0.05) is 182 Å². The highest BCUT2D eigenvalue weighted by atomic mass is 15.0. The van der Waals surface area contributed by atoms with Crippen LogP contribution < -0.4 is 0 Å². The van der Waals surface area contributed by atoms with Crippen molar-refractivity contribution in [3.8, 4) is 50.2 Å². The molecule has 0 amide bonds. The molecule has 0 unspecified atom stereocenters. The van der Waals surface area contributed by atoms with Gasteiger partial charge in [0.2, 0.25) is 0 Å². The van der Waals surface area contributed by atoms with Gasteiger partial charge in [-0.25, -0.2) is 0 Å². The fraction of sp³-hybridized carbons (Fsp3) is 0. The van der Waals surface area contributed by atoms with Gasteiger partial charge in [-0.3, -0.25) is 0 Å². The summed E-state index contributed by atoms with van der Waals surface area (Å²) in [6.45, 7) is 0. The Bertz CT molecular complexity index is 3190. The van der Waals surface area contributed by atoms with Crippen LogP contribution in [-0.4, -0.2) is 4.57 Å². The summed E-state index contributed by atoms with van der Waals surface area (Å²) in [5, 5.41) is 10.0. The first-order chi connectivity index (χ1) is 27.3. The minimum Gasteiger partial charge on any atom is -0.309 e. The van der Waals surface area contributed by atoms with Crippen LogP contribution in [0.2, 0.25) is 0 Å². The molecule has 0 aliphatic rings. The summed E-state index contributed by atoms with van der Waals surface area (Å²) in [7, 11) is 0. The van der Waals surface area contributed by atoms with Gasteiger partial charge in [-0.05, 0) is 102 Å². The SMILES string of the molecule is c1ccc(-c2cccc(-c3ccc4c(c3)c3ccccc3n4-c3ccc(-c4c5ccccc5c(-c5ccccc5)c5ccccc45)c4ccccc34)c2)cc1. The molecule has 0 saturated carbocycles. The minimum atomic E-state index is 1.18. The smallest absolute Gasteiger partial charge is 0.0541 e. The molecule has 1 aromatic heterocycles. The fourth-order valence-electron chi connectivity index (χ4n) is 8.95. The summed E-state index contributed by atoms with van der Waals surface area (Å²) in [4.78, 5) is 0. The van der Waals surface area contributed by atoms with Gasteiger partial charge in [0.1, 0.15) is 0 Å². The second-order valence-electron chi connectivity index (χ2n) is 14.4. The molecule has 0 fully saturated rings. The normalized spacial score (nSPS) is 11.6. The topological polar surface area (TPSA) is 4.93 Å². The van der Waals surface area contributed by atoms with E-state index >= 15 is 0 Å². The Balaban J connectivity index is 1.14. The predicted octanol–water partition coefficient (Wildman–Crippen LogP) is 14.9. The van der Waals surface area contributed by atoms with Gasteiger partial charge < -0.3 is 4.57 Å². The number of para-hydroxylation sites is 1. The molecule has 0 radical (unpaired) electrons. The number of rotatable bonds is 5. The Morgan fingerprint density at radius 1 is 0.236 bits per heavy atom. The molecule has 0 bridgehead atoms. The fourth-order valence-corrected chi connectivity index (χ4v) is 8.95. The van der Waals surface area contributed by atoms with E-state index in [2.05, 4.69) is 217 Å². The molecule has 0 spiro atoms. The Labute approximate surface area is 320 Å². The van der Waals surface area contributed by atoms with Crippen LogP contribution >= 0.6 is 0 Å². The highest BCUT2D eigenvalue weighted by molar-refractivity contribution is 6.24. The second kappa shape index (κ2) is 12.7. The first-order valence-electron chi connectivity index (χ1n) is 19.0. The van der Waals surface area contributed by atoms with Crippen LogP contribution in [0.4, 0.5) is 0 Å². The molecule has 256 valence electrons. The van der Waals surface area contributed by atoms with Gasteiger partial charge in [0, 0.05) is 16.2 Å². The van der Waals surface area contributed by atoms with Crippen molar-refractivity contribution < 1.29 is 0 Å². The van der Waals surface area contributed by atoms with E-state index in [0.717, 1.165) is 0 Å². The van der Waals surface area contributed by atoms with Crippen LogP contribution in [0.25, 0.3) is 104 Å². The van der Waals surface area contributed by atoms with Gasteiger partial charge in [-0.15, -0.1) is 0 Å². The van der Waals surface area contributed by atoms with Crippen LogP contribution in [0.15, 0.2) is 212 Å². The van der Waals surface area contributed by atoms with E-state index in [1.807, 2.05) is 0 Å². The van der Waals surface area contributed by atoms with Gasteiger partial charge in [-0.2, -0.15) is 0 Å². The summed E-state index contributed by atoms with van der Waals surface area (Å²) in [5.41, 5.74) is 13.5. The molecule has 0 aliphatic heterocycles. The Morgan fingerprint density at radius 3 is 1.38 bits per heavy atom. The number of hydrogen-bond donors (Lipinski definition) is 0. The molecule has 0 N–H and O–H groups in total. The maximum absolute atomic E-state index is 2.47. The summed E-state index contributed by atoms with van der Waals surface area (Å²) in [6.07, 6.45) is 0. The van der Waals surface area contributed by atoms with Gasteiger partial charge in [0.05, 0.1) is 16.7 Å². The van der Waals surface area contributed by atoms with Crippen molar-refractivity contribution >= 4 is 54.1 Å². The zero-order chi connectivity index (χ0) is 36.3. The molecule has 11 aromatic rings. The second-order valence-corrected chi connectivity index (χ2v) is 14.4. The third kappa shape index (κ3) is 5.01. The lowest BCUT2D eigenvalue weighted by molar-refractivity contribution is 1.20. The van der Waals surface area contributed by atoms with Crippen LogP contribution in [0.5, 0.6) is 0 Å². The average molecular weight is 698 g/mol. The van der Waals surface area contributed by atoms with Crippen molar-refractivity contribution in [3.05, 3.63) is 212 Å². The number of aromatic nitrogens is 1. The molecule has 1 heteroatoms. The van der Waals surface area contributed by atoms with E-state index < -0.39 is 0 Å².